The lowest BCUT2D eigenvalue weighted by atomic mass is 9.95. The van der Waals surface area contributed by atoms with Gasteiger partial charge in [-0.3, -0.25) is 10.00 Å². The number of aromatic nitrogens is 4. The fourth-order valence-electron chi connectivity index (χ4n) is 3.48. The standard InChI is InChI=1S/C19H23N5O/c1-14-10-17(22-21-14)16-8-5-9-24(12-16)13-19-20-18(23-25-19)11-15-6-3-2-4-7-15/h2-4,6-7,10,16H,5,8-9,11-13H2,1H3,(H,21,22)/t16-/m1/s1. The van der Waals surface area contributed by atoms with E-state index in [4.69, 9.17) is 4.52 Å². The molecule has 0 unspecified atom stereocenters. The first-order valence-corrected chi connectivity index (χ1v) is 8.86. The Hall–Kier alpha value is -2.47. The summed E-state index contributed by atoms with van der Waals surface area (Å²) in [4.78, 5) is 6.95. The summed E-state index contributed by atoms with van der Waals surface area (Å²) in [6.07, 6.45) is 3.06. The van der Waals surface area contributed by atoms with E-state index in [1.807, 2.05) is 25.1 Å². The molecule has 0 saturated carbocycles. The van der Waals surface area contributed by atoms with E-state index in [2.05, 4.69) is 43.4 Å². The Bertz CT molecular complexity index is 810. The number of piperidine rings is 1. The molecule has 1 aliphatic rings. The second-order valence-corrected chi connectivity index (χ2v) is 6.82. The van der Waals surface area contributed by atoms with Gasteiger partial charge in [0, 0.05) is 24.6 Å². The van der Waals surface area contributed by atoms with Crippen LogP contribution < -0.4 is 0 Å². The Morgan fingerprint density at radius 1 is 1.28 bits per heavy atom. The quantitative estimate of drug-likeness (QED) is 0.775. The van der Waals surface area contributed by atoms with Crippen molar-refractivity contribution in [3.63, 3.8) is 0 Å². The van der Waals surface area contributed by atoms with Crippen LogP contribution in [-0.2, 0) is 13.0 Å². The topological polar surface area (TPSA) is 70.8 Å². The summed E-state index contributed by atoms with van der Waals surface area (Å²) >= 11 is 0. The summed E-state index contributed by atoms with van der Waals surface area (Å²) in [5.41, 5.74) is 3.48. The van der Waals surface area contributed by atoms with Crippen molar-refractivity contribution in [3.8, 4) is 0 Å². The maximum atomic E-state index is 5.46. The van der Waals surface area contributed by atoms with Gasteiger partial charge in [-0.25, -0.2) is 0 Å². The molecule has 4 rings (SSSR count). The molecule has 0 bridgehead atoms. The molecule has 1 aromatic carbocycles. The molecule has 2 aromatic heterocycles. The summed E-state index contributed by atoms with van der Waals surface area (Å²) in [6.45, 7) is 4.81. The van der Waals surface area contributed by atoms with Crippen molar-refractivity contribution in [1.82, 2.24) is 25.2 Å². The Kier molecular flexibility index (Phi) is 4.61. The zero-order chi connectivity index (χ0) is 17.1. The van der Waals surface area contributed by atoms with Crippen LogP contribution in [0.4, 0.5) is 0 Å². The van der Waals surface area contributed by atoms with Crippen LogP contribution in [0.1, 0.15) is 47.4 Å². The SMILES string of the molecule is Cc1cc([C@@H]2CCCN(Cc3nc(Cc4ccccc4)no3)C2)n[nH]1. The summed E-state index contributed by atoms with van der Waals surface area (Å²) in [6, 6.07) is 12.4. The van der Waals surface area contributed by atoms with Gasteiger partial charge in [0.1, 0.15) is 0 Å². The summed E-state index contributed by atoms with van der Waals surface area (Å²) in [5, 5.41) is 11.6. The third-order valence-electron chi connectivity index (χ3n) is 4.72. The van der Waals surface area contributed by atoms with Crippen LogP contribution in [0, 0.1) is 6.92 Å². The van der Waals surface area contributed by atoms with Crippen molar-refractivity contribution in [2.45, 2.75) is 38.6 Å². The summed E-state index contributed by atoms with van der Waals surface area (Å²) < 4.78 is 5.46. The van der Waals surface area contributed by atoms with Gasteiger partial charge in [-0.15, -0.1) is 0 Å². The predicted octanol–water partition coefficient (Wildman–Crippen LogP) is 3.07. The highest BCUT2D eigenvalue weighted by Crippen LogP contribution is 2.26. The van der Waals surface area contributed by atoms with Crippen molar-refractivity contribution in [3.05, 3.63) is 65.1 Å². The van der Waals surface area contributed by atoms with Crippen molar-refractivity contribution < 1.29 is 4.52 Å². The molecule has 3 aromatic rings. The number of likely N-dealkylation sites (tertiary alicyclic amines) is 1. The minimum absolute atomic E-state index is 0.477. The summed E-state index contributed by atoms with van der Waals surface area (Å²) in [7, 11) is 0. The molecule has 1 saturated heterocycles. The lowest BCUT2D eigenvalue weighted by Crippen LogP contribution is -2.34. The largest absolute Gasteiger partial charge is 0.338 e. The number of benzene rings is 1. The molecule has 3 heterocycles. The molecule has 0 radical (unpaired) electrons. The highest BCUT2D eigenvalue weighted by atomic mass is 16.5. The highest BCUT2D eigenvalue weighted by Gasteiger charge is 2.24. The maximum Gasteiger partial charge on any atom is 0.240 e. The minimum Gasteiger partial charge on any atom is -0.338 e. The van der Waals surface area contributed by atoms with Crippen LogP contribution in [0.2, 0.25) is 0 Å². The molecule has 0 spiro atoms. The third kappa shape index (κ3) is 3.96. The van der Waals surface area contributed by atoms with Crippen molar-refractivity contribution in [2.75, 3.05) is 13.1 Å². The van der Waals surface area contributed by atoms with Gasteiger partial charge in [-0.05, 0) is 37.9 Å². The molecule has 6 nitrogen and oxygen atoms in total. The number of nitrogens with one attached hydrogen (secondary N) is 1. The van der Waals surface area contributed by atoms with E-state index >= 15 is 0 Å². The lowest BCUT2D eigenvalue weighted by molar-refractivity contribution is 0.175. The fraction of sp³-hybridized carbons (Fsp3) is 0.421. The van der Waals surface area contributed by atoms with E-state index < -0.39 is 0 Å². The van der Waals surface area contributed by atoms with E-state index in [0.717, 1.165) is 30.3 Å². The smallest absolute Gasteiger partial charge is 0.240 e. The Morgan fingerprint density at radius 2 is 2.16 bits per heavy atom. The van der Waals surface area contributed by atoms with Gasteiger partial charge >= 0.3 is 0 Å². The van der Waals surface area contributed by atoms with Crippen LogP contribution in [-0.4, -0.2) is 38.3 Å². The van der Waals surface area contributed by atoms with Crippen LogP contribution in [0.15, 0.2) is 40.9 Å². The normalized spacial score (nSPS) is 18.5. The minimum atomic E-state index is 0.477. The van der Waals surface area contributed by atoms with E-state index in [0.29, 0.717) is 24.8 Å². The maximum absolute atomic E-state index is 5.46. The van der Waals surface area contributed by atoms with Crippen LogP contribution >= 0.6 is 0 Å². The van der Waals surface area contributed by atoms with Crippen LogP contribution in [0.5, 0.6) is 0 Å². The molecule has 6 heteroatoms. The predicted molar refractivity (Wildman–Crippen MR) is 94.1 cm³/mol. The molecule has 0 aliphatic carbocycles. The molecule has 1 fully saturated rings. The molecule has 25 heavy (non-hydrogen) atoms. The molecular formula is C19H23N5O. The molecule has 1 N–H and O–H groups in total. The number of aryl methyl sites for hydroxylation is 1. The molecule has 130 valence electrons. The van der Waals surface area contributed by atoms with Crippen molar-refractivity contribution in [2.24, 2.45) is 0 Å². The number of nitrogens with zero attached hydrogens (tertiary/aromatic N) is 4. The molecular weight excluding hydrogens is 314 g/mol. The monoisotopic (exact) mass is 337 g/mol. The van der Waals surface area contributed by atoms with Crippen molar-refractivity contribution >= 4 is 0 Å². The zero-order valence-corrected chi connectivity index (χ0v) is 14.5. The van der Waals surface area contributed by atoms with Gasteiger partial charge in [0.2, 0.25) is 5.89 Å². The Labute approximate surface area is 147 Å². The van der Waals surface area contributed by atoms with Crippen molar-refractivity contribution in [1.29, 1.82) is 0 Å². The average Bonchev–Trinajstić information content (AvgIpc) is 3.25. The zero-order valence-electron chi connectivity index (χ0n) is 14.5. The van der Waals surface area contributed by atoms with Gasteiger partial charge in [0.25, 0.3) is 0 Å². The second-order valence-electron chi connectivity index (χ2n) is 6.82. The van der Waals surface area contributed by atoms with E-state index in [1.165, 1.54) is 18.4 Å². The molecule has 1 atom stereocenters. The summed E-state index contributed by atoms with van der Waals surface area (Å²) in [5.74, 6) is 1.92. The van der Waals surface area contributed by atoms with Gasteiger partial charge < -0.3 is 4.52 Å². The molecule has 1 aliphatic heterocycles. The number of hydrogen-bond acceptors (Lipinski definition) is 5. The average molecular weight is 337 g/mol. The third-order valence-corrected chi connectivity index (χ3v) is 4.72. The van der Waals surface area contributed by atoms with Gasteiger partial charge in [-0.2, -0.15) is 10.1 Å². The van der Waals surface area contributed by atoms with E-state index in [9.17, 15) is 0 Å². The lowest BCUT2D eigenvalue weighted by Gasteiger charge is -2.30. The first kappa shape index (κ1) is 16.0. The number of H-pyrrole nitrogens is 1. The van der Waals surface area contributed by atoms with Crippen LogP contribution in [0.3, 0.4) is 0 Å². The number of rotatable bonds is 5. The number of aromatic amines is 1. The molecule has 0 amide bonds. The van der Waals surface area contributed by atoms with Gasteiger partial charge in [0.05, 0.1) is 12.2 Å². The van der Waals surface area contributed by atoms with Gasteiger partial charge in [0.15, 0.2) is 5.82 Å². The first-order valence-electron chi connectivity index (χ1n) is 8.86. The van der Waals surface area contributed by atoms with Crippen LogP contribution in [0.25, 0.3) is 0 Å². The highest BCUT2D eigenvalue weighted by molar-refractivity contribution is 5.18. The number of hydrogen-bond donors (Lipinski definition) is 1. The van der Waals surface area contributed by atoms with Gasteiger partial charge in [-0.1, -0.05) is 35.5 Å². The second kappa shape index (κ2) is 7.19. The Morgan fingerprint density at radius 3 is 2.96 bits per heavy atom. The first-order chi connectivity index (χ1) is 12.3. The van der Waals surface area contributed by atoms with E-state index in [1.54, 1.807) is 0 Å². The van der Waals surface area contributed by atoms with E-state index in [-0.39, 0.29) is 0 Å². The fourth-order valence-corrected chi connectivity index (χ4v) is 3.48. The Balaban J connectivity index is 1.37.